The maximum atomic E-state index is 12.4. The van der Waals surface area contributed by atoms with E-state index in [1.807, 2.05) is 24.3 Å². The minimum absolute atomic E-state index is 0.0445. The van der Waals surface area contributed by atoms with Crippen molar-refractivity contribution in [2.75, 3.05) is 47.0 Å². The molecule has 1 aliphatic rings. The molecule has 1 aromatic heterocycles. The van der Waals surface area contributed by atoms with Gasteiger partial charge in [0, 0.05) is 37.2 Å². The summed E-state index contributed by atoms with van der Waals surface area (Å²) in [7, 11) is 3.38. The molecule has 1 aromatic carbocycles. The maximum Gasteiger partial charge on any atom is 0.267 e. The smallest absolute Gasteiger partial charge is 0.267 e. The molecule has 1 fully saturated rings. The molecule has 3 rings (SSSR count). The first-order chi connectivity index (χ1) is 12.2. The van der Waals surface area contributed by atoms with Crippen molar-refractivity contribution < 1.29 is 14.3 Å². The molecule has 1 amide bonds. The topological polar surface area (TPSA) is 66.6 Å². The van der Waals surface area contributed by atoms with E-state index in [2.05, 4.69) is 15.2 Å². The zero-order chi connectivity index (χ0) is 17.6. The van der Waals surface area contributed by atoms with Gasteiger partial charge in [0.25, 0.3) is 5.91 Å². The van der Waals surface area contributed by atoms with Gasteiger partial charge in [0.2, 0.25) is 0 Å². The summed E-state index contributed by atoms with van der Waals surface area (Å²) in [6, 6.07) is 7.64. The fraction of sp³-hybridized carbons (Fsp3) is 0.526. The number of carbonyl (C=O) groups is 1. The summed E-state index contributed by atoms with van der Waals surface area (Å²) in [5.74, 6) is 1.28. The van der Waals surface area contributed by atoms with Crippen molar-refractivity contribution in [3.63, 3.8) is 0 Å². The zero-order valence-electron chi connectivity index (χ0n) is 15.0. The Labute approximate surface area is 148 Å². The van der Waals surface area contributed by atoms with Crippen LogP contribution in [0.1, 0.15) is 23.3 Å². The highest BCUT2D eigenvalue weighted by Gasteiger charge is 2.20. The lowest BCUT2D eigenvalue weighted by Crippen LogP contribution is -2.39. The molecule has 1 aliphatic heterocycles. The molecule has 0 bridgehead atoms. The monoisotopic (exact) mass is 345 g/mol. The summed E-state index contributed by atoms with van der Waals surface area (Å²) in [6.45, 7) is 4.67. The minimum Gasteiger partial charge on any atom is -0.497 e. The Morgan fingerprint density at radius 2 is 2.08 bits per heavy atom. The van der Waals surface area contributed by atoms with Crippen molar-refractivity contribution in [3.8, 4) is 5.75 Å². The molecule has 6 nitrogen and oxygen atoms in total. The van der Waals surface area contributed by atoms with Gasteiger partial charge in [0.1, 0.15) is 11.4 Å². The first-order valence-corrected chi connectivity index (χ1v) is 8.86. The number of benzene rings is 1. The summed E-state index contributed by atoms with van der Waals surface area (Å²) >= 11 is 0. The second-order valence-corrected chi connectivity index (χ2v) is 6.62. The van der Waals surface area contributed by atoms with Crippen LogP contribution < -0.4 is 10.1 Å². The number of nitrogens with one attached hydrogen (secondary N) is 2. The Morgan fingerprint density at radius 3 is 2.80 bits per heavy atom. The molecule has 0 spiro atoms. The standard InChI is InChI=1S/C19H27N3O3/c1-24-10-9-22-7-5-14(6-8-22)13-20-19(23)18-11-15-3-4-16(25-2)12-17(15)21-18/h3-4,11-12,14,21H,5-10,13H2,1-2H3,(H,20,23). The van der Waals surface area contributed by atoms with Crippen LogP contribution in [0.25, 0.3) is 10.9 Å². The third-order valence-electron chi connectivity index (χ3n) is 4.94. The number of nitrogens with zero attached hydrogens (tertiary/aromatic N) is 1. The molecule has 136 valence electrons. The number of ether oxygens (including phenoxy) is 2. The second kappa shape index (κ2) is 8.36. The van der Waals surface area contributed by atoms with Gasteiger partial charge in [-0.1, -0.05) is 0 Å². The van der Waals surface area contributed by atoms with Gasteiger partial charge >= 0.3 is 0 Å². The van der Waals surface area contributed by atoms with Crippen LogP contribution in [0.5, 0.6) is 5.75 Å². The third-order valence-corrected chi connectivity index (χ3v) is 4.94. The van der Waals surface area contributed by atoms with E-state index in [4.69, 9.17) is 9.47 Å². The van der Waals surface area contributed by atoms with Crippen LogP contribution in [0, 0.1) is 5.92 Å². The molecule has 0 radical (unpaired) electrons. The van der Waals surface area contributed by atoms with Crippen LogP contribution in [0.15, 0.2) is 24.3 Å². The number of H-pyrrole nitrogens is 1. The fourth-order valence-electron chi connectivity index (χ4n) is 3.32. The van der Waals surface area contributed by atoms with E-state index in [9.17, 15) is 4.79 Å². The third kappa shape index (κ3) is 4.52. The number of fused-ring (bicyclic) bond motifs is 1. The number of aromatic amines is 1. The van der Waals surface area contributed by atoms with Crippen molar-refractivity contribution in [2.45, 2.75) is 12.8 Å². The summed E-state index contributed by atoms with van der Waals surface area (Å²) in [5.41, 5.74) is 1.51. The van der Waals surface area contributed by atoms with E-state index >= 15 is 0 Å². The van der Waals surface area contributed by atoms with Gasteiger partial charge in [-0.15, -0.1) is 0 Å². The zero-order valence-corrected chi connectivity index (χ0v) is 15.0. The van der Waals surface area contributed by atoms with Crippen LogP contribution >= 0.6 is 0 Å². The molecule has 6 heteroatoms. The van der Waals surface area contributed by atoms with Crippen molar-refractivity contribution in [1.29, 1.82) is 0 Å². The van der Waals surface area contributed by atoms with E-state index in [-0.39, 0.29) is 5.91 Å². The number of aromatic nitrogens is 1. The molecule has 1 saturated heterocycles. The number of piperidine rings is 1. The second-order valence-electron chi connectivity index (χ2n) is 6.62. The lowest BCUT2D eigenvalue weighted by molar-refractivity contribution is 0.0922. The van der Waals surface area contributed by atoms with E-state index in [0.717, 1.165) is 62.3 Å². The molecule has 2 N–H and O–H groups in total. The number of carbonyl (C=O) groups excluding carboxylic acids is 1. The van der Waals surface area contributed by atoms with Gasteiger partial charge in [0.15, 0.2) is 0 Å². The van der Waals surface area contributed by atoms with Crippen LogP contribution in [-0.2, 0) is 4.74 Å². The van der Waals surface area contributed by atoms with E-state index in [1.54, 1.807) is 14.2 Å². The molecule has 0 aliphatic carbocycles. The lowest BCUT2D eigenvalue weighted by atomic mass is 9.97. The highest BCUT2D eigenvalue weighted by Crippen LogP contribution is 2.21. The molecular formula is C19H27N3O3. The van der Waals surface area contributed by atoms with Crippen LogP contribution in [-0.4, -0.2) is 62.8 Å². The molecular weight excluding hydrogens is 318 g/mol. The highest BCUT2D eigenvalue weighted by molar-refractivity contribution is 5.98. The summed E-state index contributed by atoms with van der Waals surface area (Å²) in [5, 5.41) is 4.08. The fourth-order valence-corrected chi connectivity index (χ4v) is 3.32. The number of methoxy groups -OCH3 is 2. The van der Waals surface area contributed by atoms with E-state index < -0.39 is 0 Å². The van der Waals surface area contributed by atoms with Gasteiger partial charge in [-0.05, 0) is 50.0 Å². The minimum atomic E-state index is -0.0445. The van der Waals surface area contributed by atoms with Crippen molar-refractivity contribution >= 4 is 16.8 Å². The largest absolute Gasteiger partial charge is 0.497 e. The molecule has 2 aromatic rings. The van der Waals surface area contributed by atoms with E-state index in [0.29, 0.717) is 11.6 Å². The average Bonchev–Trinajstić information content (AvgIpc) is 3.08. The number of likely N-dealkylation sites (tertiary alicyclic amines) is 1. The quantitative estimate of drug-likeness (QED) is 0.808. The van der Waals surface area contributed by atoms with Gasteiger partial charge < -0.3 is 24.7 Å². The summed E-state index contributed by atoms with van der Waals surface area (Å²) in [4.78, 5) is 18.0. The summed E-state index contributed by atoms with van der Waals surface area (Å²) < 4.78 is 10.3. The average molecular weight is 345 g/mol. The van der Waals surface area contributed by atoms with Gasteiger partial charge in [-0.25, -0.2) is 0 Å². The Kier molecular flexibility index (Phi) is 5.94. The SMILES string of the molecule is COCCN1CCC(CNC(=O)c2cc3ccc(OC)cc3[nH]2)CC1. The molecule has 0 saturated carbocycles. The van der Waals surface area contributed by atoms with Gasteiger partial charge in [-0.3, -0.25) is 4.79 Å². The molecule has 0 unspecified atom stereocenters. The predicted molar refractivity (Wildman–Crippen MR) is 98.2 cm³/mol. The first-order valence-electron chi connectivity index (χ1n) is 8.86. The highest BCUT2D eigenvalue weighted by atomic mass is 16.5. The Hall–Kier alpha value is -2.05. The van der Waals surface area contributed by atoms with Crippen LogP contribution in [0.3, 0.4) is 0 Å². The van der Waals surface area contributed by atoms with E-state index in [1.165, 1.54) is 0 Å². The normalized spacial score (nSPS) is 16.2. The Balaban J connectivity index is 1.50. The van der Waals surface area contributed by atoms with Crippen LogP contribution in [0.2, 0.25) is 0 Å². The molecule has 2 heterocycles. The van der Waals surface area contributed by atoms with Crippen molar-refractivity contribution in [3.05, 3.63) is 30.0 Å². The molecule has 25 heavy (non-hydrogen) atoms. The Morgan fingerprint density at radius 1 is 1.28 bits per heavy atom. The number of hydrogen-bond acceptors (Lipinski definition) is 4. The summed E-state index contributed by atoms with van der Waals surface area (Å²) in [6.07, 6.45) is 2.24. The van der Waals surface area contributed by atoms with Gasteiger partial charge in [0.05, 0.1) is 13.7 Å². The van der Waals surface area contributed by atoms with Crippen LogP contribution in [0.4, 0.5) is 0 Å². The first kappa shape index (κ1) is 17.8. The molecule has 0 atom stereocenters. The van der Waals surface area contributed by atoms with Crippen molar-refractivity contribution in [1.82, 2.24) is 15.2 Å². The maximum absolute atomic E-state index is 12.4. The van der Waals surface area contributed by atoms with Crippen molar-refractivity contribution in [2.24, 2.45) is 5.92 Å². The number of rotatable bonds is 7. The number of hydrogen-bond donors (Lipinski definition) is 2. The predicted octanol–water partition coefficient (Wildman–Crippen LogP) is 2.26. The van der Waals surface area contributed by atoms with Gasteiger partial charge in [-0.2, -0.15) is 0 Å². The Bertz CT molecular complexity index is 705. The number of amides is 1. The lowest BCUT2D eigenvalue weighted by Gasteiger charge is -2.31.